The summed E-state index contributed by atoms with van der Waals surface area (Å²) < 4.78 is 19.3. The molecule has 6 nitrogen and oxygen atoms in total. The molecule has 3 aromatic carbocycles. The molecule has 168 valence electrons. The number of phenols is 1. The number of methoxy groups -OCH3 is 1. The number of aryl methyl sites for hydroxylation is 2. The number of aromatic hydroxyl groups is 1. The maximum absolute atomic E-state index is 14.0. The van der Waals surface area contributed by atoms with Gasteiger partial charge in [0, 0.05) is 5.69 Å². The van der Waals surface area contributed by atoms with Gasteiger partial charge >= 0.3 is 0 Å². The number of aliphatic hydroxyl groups is 1. The van der Waals surface area contributed by atoms with E-state index >= 15 is 0 Å². The van der Waals surface area contributed by atoms with Gasteiger partial charge in [0.15, 0.2) is 0 Å². The summed E-state index contributed by atoms with van der Waals surface area (Å²) in [4.78, 5) is 27.8. The van der Waals surface area contributed by atoms with Gasteiger partial charge in [-0.3, -0.25) is 14.5 Å². The largest absolute Gasteiger partial charge is 0.508 e. The summed E-state index contributed by atoms with van der Waals surface area (Å²) >= 11 is 0. The molecule has 1 amide bonds. The lowest BCUT2D eigenvalue weighted by Crippen LogP contribution is -2.30. The highest BCUT2D eigenvalue weighted by atomic mass is 19.1. The number of hydrogen-bond donors (Lipinski definition) is 2. The summed E-state index contributed by atoms with van der Waals surface area (Å²) in [5.41, 5.74) is 2.41. The van der Waals surface area contributed by atoms with Gasteiger partial charge in [0.25, 0.3) is 11.7 Å². The van der Waals surface area contributed by atoms with Crippen molar-refractivity contribution in [2.75, 3.05) is 12.0 Å². The van der Waals surface area contributed by atoms with Crippen LogP contribution in [0.15, 0.2) is 66.2 Å². The molecule has 1 atom stereocenters. The van der Waals surface area contributed by atoms with E-state index in [0.29, 0.717) is 11.3 Å². The minimum atomic E-state index is -1.00. The molecule has 1 aliphatic rings. The maximum atomic E-state index is 14.0. The number of nitrogens with zero attached hydrogens (tertiary/aromatic N) is 1. The molecule has 0 aliphatic carbocycles. The first-order valence-corrected chi connectivity index (χ1v) is 10.2. The van der Waals surface area contributed by atoms with E-state index in [4.69, 9.17) is 4.74 Å². The number of amides is 1. The second-order valence-electron chi connectivity index (χ2n) is 7.90. The van der Waals surface area contributed by atoms with Gasteiger partial charge in [-0.25, -0.2) is 4.39 Å². The Labute approximate surface area is 190 Å². The third-order valence-corrected chi connectivity index (χ3v) is 5.69. The molecule has 0 spiro atoms. The Balaban J connectivity index is 2.02. The minimum absolute atomic E-state index is 0.00855. The Morgan fingerprint density at radius 3 is 2.36 bits per heavy atom. The van der Waals surface area contributed by atoms with Crippen LogP contribution in [-0.2, 0) is 9.59 Å². The molecule has 1 heterocycles. The molecule has 7 heteroatoms. The van der Waals surface area contributed by atoms with Gasteiger partial charge in [-0.2, -0.15) is 0 Å². The predicted octanol–water partition coefficient (Wildman–Crippen LogP) is 4.78. The minimum Gasteiger partial charge on any atom is -0.508 e. The Bertz CT molecular complexity index is 1300. The van der Waals surface area contributed by atoms with E-state index in [1.807, 2.05) is 26.0 Å². The van der Waals surface area contributed by atoms with Crippen LogP contribution in [0.5, 0.6) is 11.5 Å². The van der Waals surface area contributed by atoms with Crippen LogP contribution < -0.4 is 9.64 Å². The molecule has 1 unspecified atom stereocenters. The number of halogens is 1. The first-order valence-electron chi connectivity index (χ1n) is 10.2. The van der Waals surface area contributed by atoms with Crippen LogP contribution in [-0.4, -0.2) is 29.0 Å². The van der Waals surface area contributed by atoms with Crippen molar-refractivity contribution in [2.45, 2.75) is 19.9 Å². The molecule has 3 aromatic rings. The molecule has 0 bridgehead atoms. The summed E-state index contributed by atoms with van der Waals surface area (Å²) in [6.07, 6.45) is 0. The number of ether oxygens (including phenoxy) is 1. The number of carbonyl (C=O) groups is 2. The van der Waals surface area contributed by atoms with Crippen LogP contribution in [0.4, 0.5) is 10.1 Å². The lowest BCUT2D eigenvalue weighted by Gasteiger charge is -2.27. The molecular weight excluding hydrogens is 425 g/mol. The van der Waals surface area contributed by atoms with E-state index in [1.165, 1.54) is 36.3 Å². The zero-order valence-corrected chi connectivity index (χ0v) is 18.3. The number of aliphatic hydroxyl groups excluding tert-OH is 1. The van der Waals surface area contributed by atoms with Crippen molar-refractivity contribution < 1.29 is 28.9 Å². The normalized spacial score (nSPS) is 17.5. The number of Topliss-reactive ketones (excluding diaryl/α,β-unsaturated/α-hetero) is 1. The first kappa shape index (κ1) is 22.1. The lowest BCUT2D eigenvalue weighted by molar-refractivity contribution is -0.132. The van der Waals surface area contributed by atoms with Crippen molar-refractivity contribution in [2.24, 2.45) is 0 Å². The van der Waals surface area contributed by atoms with Crippen molar-refractivity contribution in [3.8, 4) is 11.5 Å². The van der Waals surface area contributed by atoms with Crippen LogP contribution in [0.25, 0.3) is 5.76 Å². The van der Waals surface area contributed by atoms with Gasteiger partial charge in [0.05, 0.1) is 24.3 Å². The Morgan fingerprint density at radius 1 is 1.00 bits per heavy atom. The van der Waals surface area contributed by atoms with E-state index in [9.17, 15) is 24.2 Å². The molecular formula is C26H22FNO5. The van der Waals surface area contributed by atoms with Crippen LogP contribution in [0.2, 0.25) is 0 Å². The average molecular weight is 447 g/mol. The highest BCUT2D eigenvalue weighted by Crippen LogP contribution is 2.44. The SMILES string of the molecule is COc1ccc(F)cc1/C(O)=C1\C(=O)C(=O)N(c2cc(C)ccc2C)C1c1ccc(O)cc1. The monoisotopic (exact) mass is 447 g/mol. The number of phenolic OH excluding ortho intramolecular Hbond substituents is 1. The molecule has 0 aromatic heterocycles. The van der Waals surface area contributed by atoms with E-state index in [-0.39, 0.29) is 22.6 Å². The quantitative estimate of drug-likeness (QED) is 0.341. The van der Waals surface area contributed by atoms with Crippen molar-refractivity contribution in [1.29, 1.82) is 0 Å². The second-order valence-corrected chi connectivity index (χ2v) is 7.90. The molecule has 33 heavy (non-hydrogen) atoms. The summed E-state index contributed by atoms with van der Waals surface area (Å²) in [6.45, 7) is 3.68. The average Bonchev–Trinajstić information content (AvgIpc) is 3.06. The highest BCUT2D eigenvalue weighted by Gasteiger charge is 2.47. The number of hydrogen-bond acceptors (Lipinski definition) is 5. The summed E-state index contributed by atoms with van der Waals surface area (Å²) in [5.74, 6) is -2.75. The fraction of sp³-hybridized carbons (Fsp3) is 0.154. The van der Waals surface area contributed by atoms with E-state index in [0.717, 1.165) is 17.2 Å². The predicted molar refractivity (Wildman–Crippen MR) is 122 cm³/mol. The zero-order chi connectivity index (χ0) is 23.9. The van der Waals surface area contributed by atoms with Crippen molar-refractivity contribution >= 4 is 23.1 Å². The lowest BCUT2D eigenvalue weighted by atomic mass is 9.94. The number of ketones is 1. The van der Waals surface area contributed by atoms with Crippen molar-refractivity contribution in [3.05, 3.63) is 94.3 Å². The Hall–Kier alpha value is -4.13. The Morgan fingerprint density at radius 2 is 1.70 bits per heavy atom. The van der Waals surface area contributed by atoms with E-state index < -0.39 is 29.3 Å². The van der Waals surface area contributed by atoms with Gasteiger partial charge in [-0.15, -0.1) is 0 Å². The topological polar surface area (TPSA) is 87.1 Å². The number of rotatable bonds is 4. The smallest absolute Gasteiger partial charge is 0.300 e. The van der Waals surface area contributed by atoms with Crippen LogP contribution >= 0.6 is 0 Å². The molecule has 0 radical (unpaired) electrons. The molecule has 1 saturated heterocycles. The number of carbonyl (C=O) groups excluding carboxylic acids is 2. The van der Waals surface area contributed by atoms with Gasteiger partial charge in [0.2, 0.25) is 0 Å². The van der Waals surface area contributed by atoms with Gasteiger partial charge in [0.1, 0.15) is 23.1 Å². The molecule has 1 aliphatic heterocycles. The fourth-order valence-electron chi connectivity index (χ4n) is 4.04. The summed E-state index contributed by atoms with van der Waals surface area (Å²) in [5, 5.41) is 21.0. The van der Waals surface area contributed by atoms with E-state index in [1.54, 1.807) is 18.2 Å². The summed E-state index contributed by atoms with van der Waals surface area (Å²) in [6, 6.07) is 14.1. The molecule has 1 fully saturated rings. The first-order chi connectivity index (χ1) is 15.7. The highest BCUT2D eigenvalue weighted by molar-refractivity contribution is 6.51. The van der Waals surface area contributed by atoms with Crippen LogP contribution in [0.1, 0.15) is 28.3 Å². The van der Waals surface area contributed by atoms with Crippen LogP contribution in [0.3, 0.4) is 0 Å². The standard InChI is InChI=1S/C26H22FNO5/c1-14-4-5-15(2)20(12-14)28-23(16-6-9-18(29)10-7-16)22(25(31)26(28)32)24(30)19-13-17(27)8-11-21(19)33-3/h4-13,23,29-30H,1-3H3/b24-22+. The number of anilines is 1. The Kier molecular flexibility index (Phi) is 5.64. The zero-order valence-electron chi connectivity index (χ0n) is 18.3. The van der Waals surface area contributed by atoms with Crippen LogP contribution in [0, 0.1) is 19.7 Å². The second kappa shape index (κ2) is 8.43. The summed E-state index contributed by atoms with van der Waals surface area (Å²) in [7, 11) is 1.36. The molecule has 4 rings (SSSR count). The molecule has 0 saturated carbocycles. The van der Waals surface area contributed by atoms with Gasteiger partial charge < -0.3 is 14.9 Å². The van der Waals surface area contributed by atoms with Gasteiger partial charge in [-0.1, -0.05) is 24.3 Å². The third-order valence-electron chi connectivity index (χ3n) is 5.69. The van der Waals surface area contributed by atoms with Gasteiger partial charge in [-0.05, 0) is 66.9 Å². The maximum Gasteiger partial charge on any atom is 0.300 e. The third kappa shape index (κ3) is 3.82. The van der Waals surface area contributed by atoms with Crippen molar-refractivity contribution in [1.82, 2.24) is 0 Å². The fourth-order valence-corrected chi connectivity index (χ4v) is 4.04. The number of benzene rings is 3. The van der Waals surface area contributed by atoms with Crippen molar-refractivity contribution in [3.63, 3.8) is 0 Å². The molecule has 2 N–H and O–H groups in total. The van der Waals surface area contributed by atoms with E-state index in [2.05, 4.69) is 0 Å².